The van der Waals surface area contributed by atoms with Crippen LogP contribution in [-0.2, 0) is 16.1 Å². The lowest BCUT2D eigenvalue weighted by molar-refractivity contribution is -0.128. The fourth-order valence-corrected chi connectivity index (χ4v) is 3.60. The largest absolute Gasteiger partial charge is 0.381 e. The lowest BCUT2D eigenvalue weighted by Gasteiger charge is -2.33. The van der Waals surface area contributed by atoms with Crippen molar-refractivity contribution in [2.24, 2.45) is 11.8 Å². The van der Waals surface area contributed by atoms with Crippen molar-refractivity contribution in [3.05, 3.63) is 17.7 Å². The molecule has 0 bridgehead atoms. The van der Waals surface area contributed by atoms with Gasteiger partial charge in [-0.1, -0.05) is 0 Å². The molecule has 128 valence electrons. The first kappa shape index (κ1) is 16.5. The molecule has 0 radical (unpaired) electrons. The van der Waals surface area contributed by atoms with E-state index in [0.29, 0.717) is 5.92 Å². The first-order valence-electron chi connectivity index (χ1n) is 8.79. The van der Waals surface area contributed by atoms with Crippen LogP contribution in [0, 0.1) is 18.8 Å². The van der Waals surface area contributed by atoms with Gasteiger partial charge in [0.1, 0.15) is 5.82 Å². The average Bonchev–Trinajstić information content (AvgIpc) is 2.99. The number of hydrogen-bond acceptors (Lipinski definition) is 4. The van der Waals surface area contributed by atoms with E-state index < -0.39 is 0 Å². The van der Waals surface area contributed by atoms with Crippen LogP contribution in [0.25, 0.3) is 0 Å². The highest BCUT2D eigenvalue weighted by molar-refractivity contribution is 5.78. The topological polar surface area (TPSA) is 70.2 Å². The predicted molar refractivity (Wildman–Crippen MR) is 87.9 cm³/mol. The summed E-state index contributed by atoms with van der Waals surface area (Å²) in [7, 11) is 0. The lowest BCUT2D eigenvalue weighted by Crippen LogP contribution is -2.42. The fourth-order valence-electron chi connectivity index (χ4n) is 3.60. The summed E-state index contributed by atoms with van der Waals surface area (Å²) < 4.78 is 5.32. The monoisotopic (exact) mass is 320 g/mol. The van der Waals surface area contributed by atoms with Crippen molar-refractivity contribution in [2.45, 2.75) is 39.2 Å². The summed E-state index contributed by atoms with van der Waals surface area (Å²) in [5, 5.41) is 3.17. The van der Waals surface area contributed by atoms with E-state index in [-0.39, 0.29) is 11.8 Å². The third-order valence-corrected chi connectivity index (χ3v) is 4.91. The van der Waals surface area contributed by atoms with Crippen molar-refractivity contribution in [3.8, 4) is 0 Å². The molecular formula is C17H28N4O2. The van der Waals surface area contributed by atoms with Crippen LogP contribution in [0.2, 0.25) is 0 Å². The Bertz CT molecular complexity index is 510. The molecule has 0 aliphatic carbocycles. The molecule has 1 aromatic heterocycles. The molecule has 3 heterocycles. The van der Waals surface area contributed by atoms with Crippen LogP contribution < -0.4 is 5.32 Å². The van der Waals surface area contributed by atoms with Crippen LogP contribution in [0.1, 0.15) is 37.2 Å². The summed E-state index contributed by atoms with van der Waals surface area (Å²) in [4.78, 5) is 22.2. The van der Waals surface area contributed by atoms with Gasteiger partial charge in [0.05, 0.1) is 0 Å². The Labute approximate surface area is 138 Å². The van der Waals surface area contributed by atoms with Gasteiger partial charge in [-0.25, -0.2) is 4.98 Å². The predicted octanol–water partition coefficient (Wildman–Crippen LogP) is 1.47. The fraction of sp³-hybridized carbons (Fsp3) is 0.765. The lowest BCUT2D eigenvalue weighted by atomic mass is 9.96. The number of nitrogens with zero attached hydrogens (tertiary/aromatic N) is 2. The Hall–Kier alpha value is -1.40. The van der Waals surface area contributed by atoms with E-state index in [4.69, 9.17) is 4.74 Å². The van der Waals surface area contributed by atoms with E-state index in [1.807, 2.05) is 13.1 Å². The highest BCUT2D eigenvalue weighted by Crippen LogP contribution is 2.19. The molecule has 6 nitrogen and oxygen atoms in total. The molecule has 0 saturated carbocycles. The van der Waals surface area contributed by atoms with E-state index in [1.165, 1.54) is 18.5 Å². The first-order valence-corrected chi connectivity index (χ1v) is 8.79. The molecule has 1 aromatic rings. The van der Waals surface area contributed by atoms with Crippen molar-refractivity contribution in [1.29, 1.82) is 0 Å². The summed E-state index contributed by atoms with van der Waals surface area (Å²) in [6.07, 6.45) is 6.05. The Balaban J connectivity index is 1.42. The minimum absolute atomic E-state index is 0.149. The van der Waals surface area contributed by atoms with Gasteiger partial charge in [0.2, 0.25) is 5.91 Å². The SMILES string of the molecule is Cc1ncc(CN2CCCC(CNC(=O)C3CCOCC3)C2)[nH]1. The molecule has 0 spiro atoms. The molecule has 2 fully saturated rings. The number of likely N-dealkylation sites (tertiary alicyclic amines) is 1. The van der Waals surface area contributed by atoms with Crippen LogP contribution in [0.15, 0.2) is 6.20 Å². The number of carbonyl (C=O) groups excluding carboxylic acids is 1. The van der Waals surface area contributed by atoms with E-state index in [1.54, 1.807) is 0 Å². The van der Waals surface area contributed by atoms with Crippen LogP contribution in [0.3, 0.4) is 0 Å². The number of amides is 1. The number of hydrogen-bond donors (Lipinski definition) is 2. The van der Waals surface area contributed by atoms with Crippen LogP contribution >= 0.6 is 0 Å². The maximum Gasteiger partial charge on any atom is 0.223 e. The number of H-pyrrole nitrogens is 1. The zero-order valence-electron chi connectivity index (χ0n) is 14.0. The summed E-state index contributed by atoms with van der Waals surface area (Å²) in [6.45, 7) is 7.32. The second-order valence-corrected chi connectivity index (χ2v) is 6.87. The van der Waals surface area contributed by atoms with Crippen molar-refractivity contribution < 1.29 is 9.53 Å². The molecule has 6 heteroatoms. The Morgan fingerprint density at radius 3 is 3.00 bits per heavy atom. The molecule has 2 N–H and O–H groups in total. The number of aromatic nitrogens is 2. The minimum Gasteiger partial charge on any atom is -0.381 e. The van der Waals surface area contributed by atoms with E-state index in [9.17, 15) is 4.79 Å². The Morgan fingerprint density at radius 2 is 2.26 bits per heavy atom. The smallest absolute Gasteiger partial charge is 0.223 e. The van der Waals surface area contributed by atoms with Gasteiger partial charge in [0, 0.05) is 50.7 Å². The van der Waals surface area contributed by atoms with Gasteiger partial charge in [0.15, 0.2) is 0 Å². The van der Waals surface area contributed by atoms with Gasteiger partial charge in [-0.05, 0) is 45.1 Å². The van der Waals surface area contributed by atoms with Gasteiger partial charge in [-0.3, -0.25) is 9.69 Å². The highest BCUT2D eigenvalue weighted by atomic mass is 16.5. The minimum atomic E-state index is 0.149. The number of carbonyl (C=O) groups is 1. The molecule has 1 amide bonds. The molecule has 2 aliphatic rings. The normalized spacial score (nSPS) is 23.8. The standard InChI is InChI=1S/C17H28N4O2/c1-13-18-10-16(20-13)12-21-6-2-3-14(11-21)9-19-17(22)15-4-7-23-8-5-15/h10,14-15H,2-9,11-12H2,1H3,(H,18,20)(H,19,22). The summed E-state index contributed by atoms with van der Waals surface area (Å²) in [5.74, 6) is 1.89. The van der Waals surface area contributed by atoms with E-state index in [0.717, 1.165) is 58.1 Å². The molecular weight excluding hydrogens is 292 g/mol. The second-order valence-electron chi connectivity index (χ2n) is 6.87. The van der Waals surface area contributed by atoms with Crippen molar-refractivity contribution >= 4 is 5.91 Å². The molecule has 2 saturated heterocycles. The van der Waals surface area contributed by atoms with Crippen LogP contribution in [-0.4, -0.2) is 53.6 Å². The third kappa shape index (κ3) is 4.78. The van der Waals surface area contributed by atoms with Crippen LogP contribution in [0.4, 0.5) is 0 Å². The van der Waals surface area contributed by atoms with Crippen molar-refractivity contribution in [3.63, 3.8) is 0 Å². The summed E-state index contributed by atoms with van der Waals surface area (Å²) in [5.41, 5.74) is 1.18. The van der Waals surface area contributed by atoms with Crippen LogP contribution in [0.5, 0.6) is 0 Å². The molecule has 23 heavy (non-hydrogen) atoms. The Morgan fingerprint density at radius 1 is 1.43 bits per heavy atom. The maximum absolute atomic E-state index is 12.2. The molecule has 3 rings (SSSR count). The number of nitrogens with one attached hydrogen (secondary N) is 2. The number of imidazole rings is 1. The maximum atomic E-state index is 12.2. The quantitative estimate of drug-likeness (QED) is 0.862. The number of piperidine rings is 1. The first-order chi connectivity index (χ1) is 11.2. The van der Waals surface area contributed by atoms with Gasteiger partial charge < -0.3 is 15.0 Å². The number of aromatic amines is 1. The highest BCUT2D eigenvalue weighted by Gasteiger charge is 2.24. The summed E-state index contributed by atoms with van der Waals surface area (Å²) >= 11 is 0. The van der Waals surface area contributed by atoms with Gasteiger partial charge in [0.25, 0.3) is 0 Å². The Kier molecular flexibility index (Phi) is 5.67. The zero-order valence-corrected chi connectivity index (χ0v) is 14.0. The number of aryl methyl sites for hydroxylation is 1. The zero-order chi connectivity index (χ0) is 16.1. The van der Waals surface area contributed by atoms with Crippen molar-refractivity contribution in [1.82, 2.24) is 20.2 Å². The third-order valence-electron chi connectivity index (χ3n) is 4.91. The molecule has 1 atom stereocenters. The van der Waals surface area contributed by atoms with Crippen molar-refractivity contribution in [2.75, 3.05) is 32.8 Å². The van der Waals surface area contributed by atoms with Gasteiger partial charge in [-0.15, -0.1) is 0 Å². The average molecular weight is 320 g/mol. The summed E-state index contributed by atoms with van der Waals surface area (Å²) in [6, 6.07) is 0. The number of rotatable bonds is 5. The van der Waals surface area contributed by atoms with E-state index >= 15 is 0 Å². The van der Waals surface area contributed by atoms with E-state index in [2.05, 4.69) is 20.2 Å². The molecule has 1 unspecified atom stereocenters. The second kappa shape index (κ2) is 7.93. The number of ether oxygens (including phenoxy) is 1. The van der Waals surface area contributed by atoms with Gasteiger partial charge >= 0.3 is 0 Å². The van der Waals surface area contributed by atoms with Gasteiger partial charge in [-0.2, -0.15) is 0 Å². The molecule has 2 aliphatic heterocycles. The molecule has 0 aromatic carbocycles.